The maximum absolute atomic E-state index is 9.58. The molecule has 3 nitrogen and oxygen atoms in total. The number of hydrogen-bond acceptors (Lipinski definition) is 3. The first-order valence-corrected chi connectivity index (χ1v) is 7.21. The van der Waals surface area contributed by atoms with E-state index in [0.717, 1.165) is 36.2 Å². The van der Waals surface area contributed by atoms with E-state index in [0.29, 0.717) is 0 Å². The third-order valence-electron chi connectivity index (χ3n) is 3.25. The first kappa shape index (κ1) is 13.8. The fourth-order valence-corrected chi connectivity index (χ4v) is 2.90. The predicted molar refractivity (Wildman–Crippen MR) is 77.0 cm³/mol. The molecule has 100 valence electrons. The highest BCUT2D eigenvalue weighted by Crippen LogP contribution is 2.30. The molecule has 1 saturated heterocycles. The van der Waals surface area contributed by atoms with Gasteiger partial charge in [0, 0.05) is 24.2 Å². The Morgan fingerprint density at radius 1 is 1.50 bits per heavy atom. The number of hydrogen-bond donors (Lipinski definition) is 1. The molecule has 0 aromatic heterocycles. The predicted octanol–water partition coefficient (Wildman–Crippen LogP) is 3.12. The van der Waals surface area contributed by atoms with Gasteiger partial charge in [0.25, 0.3) is 0 Å². The molecule has 0 bridgehead atoms. The average Bonchev–Trinajstić information content (AvgIpc) is 2.53. The Labute approximate surface area is 117 Å². The molecular weight excluding hydrogens is 294 g/mol. The van der Waals surface area contributed by atoms with Crippen LogP contribution in [0, 0.1) is 0 Å². The molecule has 0 radical (unpaired) electrons. The van der Waals surface area contributed by atoms with Crippen molar-refractivity contribution in [2.75, 3.05) is 24.6 Å². The van der Waals surface area contributed by atoms with Crippen molar-refractivity contribution in [1.29, 1.82) is 0 Å². The van der Waals surface area contributed by atoms with Gasteiger partial charge in [-0.15, -0.1) is 0 Å². The lowest BCUT2D eigenvalue weighted by Gasteiger charge is -2.26. The minimum absolute atomic E-state index is 0.260. The van der Waals surface area contributed by atoms with E-state index < -0.39 is 6.10 Å². The summed E-state index contributed by atoms with van der Waals surface area (Å²) in [5, 5.41) is 9.58. The van der Waals surface area contributed by atoms with Crippen LogP contribution >= 0.6 is 15.9 Å². The summed E-state index contributed by atoms with van der Waals surface area (Å²) in [5.74, 6) is 0. The largest absolute Gasteiger partial charge is 0.389 e. The molecule has 1 aliphatic rings. The fourth-order valence-electron chi connectivity index (χ4n) is 2.25. The number of halogens is 1. The van der Waals surface area contributed by atoms with Gasteiger partial charge in [-0.25, -0.2) is 0 Å². The van der Waals surface area contributed by atoms with Gasteiger partial charge < -0.3 is 14.7 Å². The zero-order chi connectivity index (χ0) is 13.1. The summed E-state index contributed by atoms with van der Waals surface area (Å²) in [5.41, 5.74) is 2.11. The van der Waals surface area contributed by atoms with Crippen molar-refractivity contribution in [3.8, 4) is 0 Å². The lowest BCUT2D eigenvalue weighted by atomic mass is 10.1. The summed E-state index contributed by atoms with van der Waals surface area (Å²) in [4.78, 5) is 2.34. The molecule has 0 spiro atoms. The number of rotatable bonds is 2. The molecule has 1 aromatic rings. The molecule has 1 aliphatic heterocycles. The third kappa shape index (κ3) is 3.25. The summed E-state index contributed by atoms with van der Waals surface area (Å²) in [6.07, 6.45) is 0.882. The van der Waals surface area contributed by atoms with Crippen molar-refractivity contribution in [3.63, 3.8) is 0 Å². The van der Waals surface area contributed by atoms with Gasteiger partial charge in [0.2, 0.25) is 0 Å². The SMILES string of the molecule is CC1CN(c2ccc([C@H](C)O)cc2Br)CCCO1. The van der Waals surface area contributed by atoms with Crippen LogP contribution in [-0.2, 0) is 4.74 Å². The second-order valence-corrected chi connectivity index (χ2v) is 5.72. The molecule has 0 amide bonds. The Morgan fingerprint density at radius 2 is 2.28 bits per heavy atom. The van der Waals surface area contributed by atoms with Gasteiger partial charge in [0.05, 0.1) is 17.9 Å². The maximum Gasteiger partial charge on any atom is 0.0762 e. The lowest BCUT2D eigenvalue weighted by Crippen LogP contribution is -2.30. The Kier molecular flexibility index (Phi) is 4.65. The van der Waals surface area contributed by atoms with Crippen molar-refractivity contribution in [2.45, 2.75) is 32.5 Å². The van der Waals surface area contributed by atoms with E-state index in [1.165, 1.54) is 5.69 Å². The summed E-state index contributed by atoms with van der Waals surface area (Å²) >= 11 is 3.60. The number of aliphatic hydroxyl groups is 1. The zero-order valence-corrected chi connectivity index (χ0v) is 12.5. The molecule has 1 aromatic carbocycles. The second kappa shape index (κ2) is 6.04. The van der Waals surface area contributed by atoms with Gasteiger partial charge in [-0.3, -0.25) is 0 Å². The van der Waals surface area contributed by atoms with Crippen molar-refractivity contribution in [2.24, 2.45) is 0 Å². The van der Waals surface area contributed by atoms with Gasteiger partial charge >= 0.3 is 0 Å². The highest BCUT2D eigenvalue weighted by molar-refractivity contribution is 9.10. The van der Waals surface area contributed by atoms with Gasteiger partial charge in [0.15, 0.2) is 0 Å². The van der Waals surface area contributed by atoms with Crippen LogP contribution in [0.3, 0.4) is 0 Å². The average molecular weight is 314 g/mol. The lowest BCUT2D eigenvalue weighted by molar-refractivity contribution is 0.0821. The van der Waals surface area contributed by atoms with Crippen molar-refractivity contribution >= 4 is 21.6 Å². The van der Waals surface area contributed by atoms with Crippen LogP contribution < -0.4 is 4.90 Å². The molecule has 2 rings (SSSR count). The quantitative estimate of drug-likeness (QED) is 0.910. The van der Waals surface area contributed by atoms with Crippen LogP contribution in [0.15, 0.2) is 22.7 Å². The summed E-state index contributed by atoms with van der Waals surface area (Å²) in [7, 11) is 0. The van der Waals surface area contributed by atoms with Crippen LogP contribution in [0.1, 0.15) is 31.9 Å². The Hall–Kier alpha value is -0.580. The van der Waals surface area contributed by atoms with Crippen LogP contribution in [0.2, 0.25) is 0 Å². The smallest absolute Gasteiger partial charge is 0.0762 e. The molecule has 4 heteroatoms. The monoisotopic (exact) mass is 313 g/mol. The Balaban J connectivity index is 2.21. The van der Waals surface area contributed by atoms with E-state index in [1.54, 1.807) is 6.92 Å². The molecule has 1 N–H and O–H groups in total. The van der Waals surface area contributed by atoms with Gasteiger partial charge in [-0.1, -0.05) is 6.07 Å². The van der Waals surface area contributed by atoms with E-state index in [1.807, 2.05) is 12.1 Å². The molecular formula is C14H20BrNO2. The molecule has 1 heterocycles. The molecule has 2 atom stereocenters. The Morgan fingerprint density at radius 3 is 2.94 bits per heavy atom. The molecule has 0 saturated carbocycles. The van der Waals surface area contributed by atoms with Crippen molar-refractivity contribution in [1.82, 2.24) is 0 Å². The van der Waals surface area contributed by atoms with Crippen molar-refractivity contribution in [3.05, 3.63) is 28.2 Å². The van der Waals surface area contributed by atoms with Gasteiger partial charge in [-0.05, 0) is 53.9 Å². The maximum atomic E-state index is 9.58. The summed E-state index contributed by atoms with van der Waals surface area (Å²) in [6, 6.07) is 6.06. The van der Waals surface area contributed by atoms with E-state index >= 15 is 0 Å². The summed E-state index contributed by atoms with van der Waals surface area (Å²) < 4.78 is 6.70. The zero-order valence-electron chi connectivity index (χ0n) is 10.9. The van der Waals surface area contributed by atoms with Gasteiger partial charge in [0.1, 0.15) is 0 Å². The van der Waals surface area contributed by atoms with E-state index in [-0.39, 0.29) is 6.10 Å². The second-order valence-electron chi connectivity index (χ2n) is 4.87. The van der Waals surface area contributed by atoms with Crippen LogP contribution in [0.4, 0.5) is 5.69 Å². The number of anilines is 1. The third-order valence-corrected chi connectivity index (χ3v) is 3.88. The van der Waals surface area contributed by atoms with E-state index in [9.17, 15) is 5.11 Å². The molecule has 1 fully saturated rings. The first-order valence-electron chi connectivity index (χ1n) is 6.42. The normalized spacial score (nSPS) is 22.7. The molecule has 18 heavy (non-hydrogen) atoms. The van der Waals surface area contributed by atoms with Crippen molar-refractivity contribution < 1.29 is 9.84 Å². The highest BCUT2D eigenvalue weighted by atomic mass is 79.9. The topological polar surface area (TPSA) is 32.7 Å². The highest BCUT2D eigenvalue weighted by Gasteiger charge is 2.17. The molecule has 1 unspecified atom stereocenters. The minimum Gasteiger partial charge on any atom is -0.389 e. The van der Waals surface area contributed by atoms with Crippen LogP contribution in [0.25, 0.3) is 0 Å². The number of ether oxygens (including phenoxy) is 1. The first-order chi connectivity index (χ1) is 8.58. The van der Waals surface area contributed by atoms with Gasteiger partial charge in [-0.2, -0.15) is 0 Å². The van der Waals surface area contributed by atoms with E-state index in [2.05, 4.69) is 33.8 Å². The number of aliphatic hydroxyl groups excluding tert-OH is 1. The Bertz CT molecular complexity index is 409. The van der Waals surface area contributed by atoms with Crippen LogP contribution in [0.5, 0.6) is 0 Å². The van der Waals surface area contributed by atoms with E-state index in [4.69, 9.17) is 4.74 Å². The molecule has 0 aliphatic carbocycles. The fraction of sp³-hybridized carbons (Fsp3) is 0.571. The summed E-state index contributed by atoms with van der Waals surface area (Å²) in [6.45, 7) is 6.64. The number of benzene rings is 1. The standard InChI is InChI=1S/C14H20BrNO2/c1-10-9-16(6-3-7-18-10)14-5-4-12(11(2)17)8-13(14)15/h4-5,8,10-11,17H,3,6-7,9H2,1-2H3/t10?,11-/m0/s1. The number of nitrogens with zero attached hydrogens (tertiary/aromatic N) is 1. The minimum atomic E-state index is -0.429. The van der Waals surface area contributed by atoms with Crippen LogP contribution in [-0.4, -0.2) is 30.9 Å².